The van der Waals surface area contributed by atoms with Gasteiger partial charge in [0.05, 0.1) is 35.3 Å². The molecular weight excluding hydrogens is 413 g/mol. The van der Waals surface area contributed by atoms with Crippen LogP contribution in [0.5, 0.6) is 5.75 Å². The molecule has 152 valence electrons. The smallest absolute Gasteiger partial charge is 0.251 e. The largest absolute Gasteiger partial charge is 0.497 e. The van der Waals surface area contributed by atoms with Gasteiger partial charge in [-0.15, -0.1) is 0 Å². The Morgan fingerprint density at radius 3 is 2.38 bits per heavy atom. The van der Waals surface area contributed by atoms with Crippen LogP contribution in [0.4, 0.5) is 11.4 Å². The lowest BCUT2D eigenvalue weighted by molar-refractivity contribution is -0.123. The second-order valence-electron chi connectivity index (χ2n) is 7.11. The van der Waals surface area contributed by atoms with Crippen molar-refractivity contribution in [3.05, 3.63) is 52.5 Å². The standard InChI is InChI=1S/C21H21Cl2N3O3/c1-29-16-4-2-3-14(11-16)24-7-9-25(10-8-24)19-13-20(27)26(21(19)28)15-5-6-17(22)18(23)12-15/h2-6,11-12,19H,7-10,13H2,1H3/t19-/m0/s1. The molecule has 0 saturated carbocycles. The van der Waals surface area contributed by atoms with E-state index in [1.807, 2.05) is 18.2 Å². The minimum absolute atomic E-state index is 0.179. The number of halogens is 2. The van der Waals surface area contributed by atoms with Crippen LogP contribution in [-0.2, 0) is 9.59 Å². The van der Waals surface area contributed by atoms with Crippen molar-refractivity contribution in [1.82, 2.24) is 4.90 Å². The van der Waals surface area contributed by atoms with Crippen LogP contribution >= 0.6 is 23.2 Å². The highest BCUT2D eigenvalue weighted by Gasteiger charge is 2.43. The van der Waals surface area contributed by atoms with E-state index in [2.05, 4.69) is 15.9 Å². The molecule has 2 heterocycles. The molecule has 0 aliphatic carbocycles. The monoisotopic (exact) mass is 433 g/mol. The van der Waals surface area contributed by atoms with Crippen LogP contribution in [0.15, 0.2) is 42.5 Å². The third-order valence-electron chi connectivity index (χ3n) is 5.46. The first-order valence-electron chi connectivity index (χ1n) is 9.43. The Labute approximate surface area is 179 Å². The fourth-order valence-corrected chi connectivity index (χ4v) is 4.19. The number of anilines is 2. The number of ether oxygens (including phenoxy) is 1. The molecule has 1 atom stereocenters. The molecule has 2 aromatic carbocycles. The Morgan fingerprint density at radius 2 is 1.69 bits per heavy atom. The van der Waals surface area contributed by atoms with Crippen LogP contribution in [0.25, 0.3) is 0 Å². The minimum atomic E-state index is -0.440. The first-order valence-corrected chi connectivity index (χ1v) is 10.2. The Balaban J connectivity index is 1.44. The van der Waals surface area contributed by atoms with Crippen molar-refractivity contribution in [2.24, 2.45) is 0 Å². The van der Waals surface area contributed by atoms with Crippen molar-refractivity contribution in [2.45, 2.75) is 12.5 Å². The van der Waals surface area contributed by atoms with Crippen LogP contribution in [0, 0.1) is 0 Å². The molecule has 0 aromatic heterocycles. The summed E-state index contributed by atoms with van der Waals surface area (Å²) in [6.07, 6.45) is 0.179. The zero-order chi connectivity index (χ0) is 20.5. The average Bonchev–Trinajstić information content (AvgIpc) is 3.04. The summed E-state index contributed by atoms with van der Waals surface area (Å²) in [6.45, 7) is 2.96. The molecule has 2 amide bonds. The van der Waals surface area contributed by atoms with Crippen LogP contribution in [0.1, 0.15) is 6.42 Å². The number of amides is 2. The van der Waals surface area contributed by atoms with Gasteiger partial charge in [0.15, 0.2) is 0 Å². The number of carbonyl (C=O) groups is 2. The molecular formula is C21H21Cl2N3O3. The van der Waals surface area contributed by atoms with Crippen LogP contribution in [-0.4, -0.2) is 56.0 Å². The van der Waals surface area contributed by atoms with Gasteiger partial charge in [-0.3, -0.25) is 14.5 Å². The van der Waals surface area contributed by atoms with Crippen LogP contribution in [0.3, 0.4) is 0 Å². The number of piperazine rings is 1. The molecule has 8 heteroatoms. The van der Waals surface area contributed by atoms with Crippen molar-refractivity contribution < 1.29 is 14.3 Å². The highest BCUT2D eigenvalue weighted by atomic mass is 35.5. The zero-order valence-corrected chi connectivity index (χ0v) is 17.5. The van der Waals surface area contributed by atoms with E-state index in [9.17, 15) is 9.59 Å². The van der Waals surface area contributed by atoms with Gasteiger partial charge in [-0.05, 0) is 30.3 Å². The maximum Gasteiger partial charge on any atom is 0.251 e. The van der Waals surface area contributed by atoms with E-state index in [1.165, 1.54) is 4.90 Å². The Kier molecular flexibility index (Phi) is 5.67. The summed E-state index contributed by atoms with van der Waals surface area (Å²) in [5.41, 5.74) is 1.56. The number of rotatable bonds is 4. The lowest BCUT2D eigenvalue weighted by atomic mass is 10.1. The molecule has 4 rings (SSSR count). The normalized spacial score (nSPS) is 20.4. The number of hydrogen-bond donors (Lipinski definition) is 0. The quantitative estimate of drug-likeness (QED) is 0.691. The molecule has 0 N–H and O–H groups in total. The molecule has 0 bridgehead atoms. The number of methoxy groups -OCH3 is 1. The van der Waals surface area contributed by atoms with Crippen molar-refractivity contribution in [3.63, 3.8) is 0 Å². The fraction of sp³-hybridized carbons (Fsp3) is 0.333. The number of hydrogen-bond acceptors (Lipinski definition) is 5. The van der Waals surface area contributed by atoms with E-state index in [0.717, 1.165) is 24.5 Å². The maximum absolute atomic E-state index is 13.0. The number of benzene rings is 2. The summed E-state index contributed by atoms with van der Waals surface area (Å²) in [5, 5.41) is 0.708. The second kappa shape index (κ2) is 8.22. The van der Waals surface area contributed by atoms with Crippen LogP contribution in [0.2, 0.25) is 10.0 Å². The van der Waals surface area contributed by atoms with Gasteiger partial charge in [0, 0.05) is 37.9 Å². The topological polar surface area (TPSA) is 53.1 Å². The third-order valence-corrected chi connectivity index (χ3v) is 6.20. The molecule has 0 unspecified atom stereocenters. The van der Waals surface area contributed by atoms with E-state index in [1.54, 1.807) is 25.3 Å². The lowest BCUT2D eigenvalue weighted by Crippen LogP contribution is -2.52. The molecule has 0 radical (unpaired) electrons. The van der Waals surface area contributed by atoms with E-state index in [4.69, 9.17) is 27.9 Å². The van der Waals surface area contributed by atoms with Gasteiger partial charge in [-0.2, -0.15) is 0 Å². The summed E-state index contributed by atoms with van der Waals surface area (Å²) >= 11 is 12.0. The van der Waals surface area contributed by atoms with Crippen molar-refractivity contribution in [1.29, 1.82) is 0 Å². The van der Waals surface area contributed by atoms with Gasteiger partial charge < -0.3 is 9.64 Å². The molecule has 29 heavy (non-hydrogen) atoms. The number of nitrogens with zero attached hydrogens (tertiary/aromatic N) is 3. The van der Waals surface area contributed by atoms with E-state index < -0.39 is 6.04 Å². The summed E-state index contributed by atoms with van der Waals surface area (Å²) in [4.78, 5) is 31.1. The van der Waals surface area contributed by atoms with Crippen LogP contribution < -0.4 is 14.5 Å². The Hall–Kier alpha value is -2.28. The number of carbonyl (C=O) groups excluding carboxylic acids is 2. The predicted molar refractivity (Wildman–Crippen MR) is 114 cm³/mol. The van der Waals surface area contributed by atoms with E-state index >= 15 is 0 Å². The zero-order valence-electron chi connectivity index (χ0n) is 16.0. The summed E-state index contributed by atoms with van der Waals surface area (Å²) in [6, 6.07) is 12.3. The minimum Gasteiger partial charge on any atom is -0.497 e. The third kappa shape index (κ3) is 3.92. The molecule has 6 nitrogen and oxygen atoms in total. The maximum atomic E-state index is 13.0. The predicted octanol–water partition coefficient (Wildman–Crippen LogP) is 3.46. The van der Waals surface area contributed by atoms with Gasteiger partial charge in [0.1, 0.15) is 5.75 Å². The fourth-order valence-electron chi connectivity index (χ4n) is 3.90. The summed E-state index contributed by atoms with van der Waals surface area (Å²) < 4.78 is 5.30. The first-order chi connectivity index (χ1) is 14.0. The molecule has 2 aliphatic rings. The van der Waals surface area contributed by atoms with E-state index in [-0.39, 0.29) is 18.2 Å². The summed E-state index contributed by atoms with van der Waals surface area (Å²) in [7, 11) is 1.65. The van der Waals surface area contributed by atoms with Gasteiger partial charge in [0.2, 0.25) is 5.91 Å². The highest BCUT2D eigenvalue weighted by molar-refractivity contribution is 6.42. The Morgan fingerprint density at radius 1 is 0.931 bits per heavy atom. The summed E-state index contributed by atoms with van der Waals surface area (Å²) in [5.74, 6) is 0.399. The van der Waals surface area contributed by atoms with Gasteiger partial charge in [-0.1, -0.05) is 29.3 Å². The van der Waals surface area contributed by atoms with Crippen molar-refractivity contribution >= 4 is 46.4 Å². The average molecular weight is 434 g/mol. The molecule has 2 aliphatic heterocycles. The van der Waals surface area contributed by atoms with Crippen molar-refractivity contribution in [3.8, 4) is 5.75 Å². The highest BCUT2D eigenvalue weighted by Crippen LogP contribution is 2.32. The second-order valence-corrected chi connectivity index (χ2v) is 7.92. The van der Waals surface area contributed by atoms with Gasteiger partial charge in [0.25, 0.3) is 5.91 Å². The van der Waals surface area contributed by atoms with Gasteiger partial charge >= 0.3 is 0 Å². The van der Waals surface area contributed by atoms with E-state index in [0.29, 0.717) is 28.8 Å². The molecule has 2 fully saturated rings. The molecule has 2 aromatic rings. The first kappa shape index (κ1) is 20.0. The lowest BCUT2D eigenvalue weighted by Gasteiger charge is -2.38. The number of imide groups is 1. The van der Waals surface area contributed by atoms with Crippen molar-refractivity contribution in [2.75, 3.05) is 43.1 Å². The Bertz CT molecular complexity index is 945. The SMILES string of the molecule is COc1cccc(N2CCN([C@H]3CC(=O)N(c4ccc(Cl)c(Cl)c4)C3=O)CC2)c1. The molecule has 0 spiro atoms. The van der Waals surface area contributed by atoms with Gasteiger partial charge in [-0.25, -0.2) is 4.90 Å². The molecule has 2 saturated heterocycles.